The van der Waals surface area contributed by atoms with Crippen LogP contribution in [0.3, 0.4) is 0 Å². The summed E-state index contributed by atoms with van der Waals surface area (Å²) < 4.78 is 26.3. The minimum Gasteiger partial charge on any atom is -0.399 e. The number of anilines is 1. The van der Waals surface area contributed by atoms with Crippen molar-refractivity contribution in [2.45, 2.75) is 6.54 Å². The van der Waals surface area contributed by atoms with Gasteiger partial charge in [0.25, 0.3) is 10.2 Å². The second-order valence-electron chi connectivity index (χ2n) is 3.32. The maximum atomic E-state index is 11.4. The summed E-state index contributed by atoms with van der Waals surface area (Å²) in [5, 5.41) is 0.493. The third kappa shape index (κ3) is 3.08. The smallest absolute Gasteiger partial charge is 0.279 e. The van der Waals surface area contributed by atoms with Crippen LogP contribution in [0.2, 0.25) is 5.02 Å². The van der Waals surface area contributed by atoms with Crippen LogP contribution in [0.15, 0.2) is 18.2 Å². The van der Waals surface area contributed by atoms with Crippen molar-refractivity contribution >= 4 is 27.5 Å². The SMILES string of the molecule is CNS(=O)(=O)N(C)Cc1cc(N)ccc1Cl. The van der Waals surface area contributed by atoms with E-state index in [9.17, 15) is 8.42 Å². The number of benzene rings is 1. The van der Waals surface area contributed by atoms with E-state index in [0.29, 0.717) is 16.3 Å². The maximum absolute atomic E-state index is 11.4. The van der Waals surface area contributed by atoms with E-state index in [1.165, 1.54) is 14.1 Å². The highest BCUT2D eigenvalue weighted by molar-refractivity contribution is 7.87. The van der Waals surface area contributed by atoms with Gasteiger partial charge in [-0.25, -0.2) is 4.72 Å². The third-order valence-corrected chi connectivity index (χ3v) is 3.97. The van der Waals surface area contributed by atoms with E-state index in [4.69, 9.17) is 17.3 Å². The summed E-state index contributed by atoms with van der Waals surface area (Å²) in [5.41, 5.74) is 6.82. The van der Waals surface area contributed by atoms with E-state index in [0.717, 1.165) is 4.31 Å². The van der Waals surface area contributed by atoms with Crippen molar-refractivity contribution < 1.29 is 8.42 Å². The first kappa shape index (κ1) is 13.2. The van der Waals surface area contributed by atoms with E-state index in [-0.39, 0.29) is 6.54 Å². The Labute approximate surface area is 100 Å². The molecule has 0 heterocycles. The lowest BCUT2D eigenvalue weighted by molar-refractivity contribution is 0.459. The third-order valence-electron chi connectivity index (χ3n) is 2.13. The molecule has 5 nitrogen and oxygen atoms in total. The van der Waals surface area contributed by atoms with Gasteiger partial charge >= 0.3 is 0 Å². The summed E-state index contributed by atoms with van der Waals surface area (Å²) in [6, 6.07) is 4.97. The highest BCUT2D eigenvalue weighted by atomic mass is 35.5. The predicted octanol–water partition coefficient (Wildman–Crippen LogP) is 0.818. The van der Waals surface area contributed by atoms with Crippen LogP contribution in [-0.2, 0) is 16.8 Å². The highest BCUT2D eigenvalue weighted by Crippen LogP contribution is 2.20. The Balaban J connectivity index is 2.93. The Morgan fingerprint density at radius 3 is 2.69 bits per heavy atom. The number of hydrogen-bond donors (Lipinski definition) is 2. The van der Waals surface area contributed by atoms with Gasteiger partial charge in [0.1, 0.15) is 0 Å². The molecule has 3 N–H and O–H groups in total. The molecule has 0 atom stereocenters. The largest absolute Gasteiger partial charge is 0.399 e. The molecule has 0 aromatic heterocycles. The van der Waals surface area contributed by atoms with E-state index < -0.39 is 10.2 Å². The first-order valence-electron chi connectivity index (χ1n) is 4.55. The number of halogens is 1. The van der Waals surface area contributed by atoms with Crippen LogP contribution in [0.4, 0.5) is 5.69 Å². The molecule has 1 aromatic rings. The molecule has 0 aliphatic heterocycles. The predicted molar refractivity (Wildman–Crippen MR) is 65.3 cm³/mol. The first-order valence-corrected chi connectivity index (χ1v) is 6.37. The summed E-state index contributed by atoms with van der Waals surface area (Å²) in [5.74, 6) is 0. The molecule has 0 spiro atoms. The molecule has 90 valence electrons. The Morgan fingerprint density at radius 1 is 1.50 bits per heavy atom. The lowest BCUT2D eigenvalue weighted by atomic mass is 10.2. The van der Waals surface area contributed by atoms with Crippen LogP contribution in [0.1, 0.15) is 5.56 Å². The number of nitrogens with two attached hydrogens (primary N) is 1. The zero-order valence-electron chi connectivity index (χ0n) is 9.07. The second-order valence-corrected chi connectivity index (χ2v) is 5.70. The summed E-state index contributed by atoms with van der Waals surface area (Å²) in [6.45, 7) is 0.174. The molecule has 0 saturated heterocycles. The molecular formula is C9H14ClN3O2S. The Bertz CT molecular complexity index is 476. The van der Waals surface area contributed by atoms with Gasteiger partial charge in [-0.05, 0) is 23.8 Å². The number of nitrogen functional groups attached to an aromatic ring is 1. The van der Waals surface area contributed by atoms with Gasteiger partial charge < -0.3 is 5.73 Å². The summed E-state index contributed by atoms with van der Waals surface area (Å²) >= 11 is 5.94. The van der Waals surface area contributed by atoms with Crippen LogP contribution in [0.25, 0.3) is 0 Å². The first-order chi connectivity index (χ1) is 7.36. The number of hydrogen-bond acceptors (Lipinski definition) is 3. The van der Waals surface area contributed by atoms with Crippen LogP contribution >= 0.6 is 11.6 Å². The van der Waals surface area contributed by atoms with Crippen LogP contribution < -0.4 is 10.5 Å². The van der Waals surface area contributed by atoms with Crippen molar-refractivity contribution in [3.63, 3.8) is 0 Å². The van der Waals surface area contributed by atoms with Crippen molar-refractivity contribution in [1.82, 2.24) is 9.03 Å². The summed E-state index contributed by atoms with van der Waals surface area (Å²) in [7, 11) is -0.625. The Morgan fingerprint density at radius 2 is 2.12 bits per heavy atom. The zero-order valence-corrected chi connectivity index (χ0v) is 10.6. The topological polar surface area (TPSA) is 75.4 Å². The molecule has 16 heavy (non-hydrogen) atoms. The molecule has 0 bridgehead atoms. The minimum absolute atomic E-state index is 0.174. The molecule has 1 rings (SSSR count). The average molecular weight is 264 g/mol. The van der Waals surface area contributed by atoms with Gasteiger partial charge in [-0.3, -0.25) is 0 Å². The maximum Gasteiger partial charge on any atom is 0.279 e. The molecule has 0 unspecified atom stereocenters. The summed E-state index contributed by atoms with van der Waals surface area (Å²) in [4.78, 5) is 0. The fourth-order valence-electron chi connectivity index (χ4n) is 1.20. The second kappa shape index (κ2) is 5.01. The van der Waals surface area contributed by atoms with Gasteiger partial charge in [-0.15, -0.1) is 0 Å². The van der Waals surface area contributed by atoms with Crippen molar-refractivity contribution in [2.24, 2.45) is 0 Å². The van der Waals surface area contributed by atoms with Crippen molar-refractivity contribution in [2.75, 3.05) is 19.8 Å². The van der Waals surface area contributed by atoms with Crippen LogP contribution in [-0.4, -0.2) is 26.8 Å². The van der Waals surface area contributed by atoms with Crippen LogP contribution in [0, 0.1) is 0 Å². The Kier molecular flexibility index (Phi) is 4.15. The van der Waals surface area contributed by atoms with Gasteiger partial charge in [-0.2, -0.15) is 12.7 Å². The lowest BCUT2D eigenvalue weighted by Crippen LogP contribution is -2.35. The monoisotopic (exact) mass is 263 g/mol. The van der Waals surface area contributed by atoms with E-state index in [2.05, 4.69) is 4.72 Å². The minimum atomic E-state index is -3.44. The zero-order chi connectivity index (χ0) is 12.3. The number of nitrogens with zero attached hydrogens (tertiary/aromatic N) is 1. The molecule has 0 aliphatic carbocycles. The van der Waals surface area contributed by atoms with Gasteiger partial charge in [0.15, 0.2) is 0 Å². The standard InChI is InChI=1S/C9H14ClN3O2S/c1-12-16(14,15)13(2)6-7-5-8(11)3-4-9(7)10/h3-5,12H,6,11H2,1-2H3. The van der Waals surface area contributed by atoms with Gasteiger partial charge in [0.2, 0.25) is 0 Å². The molecular weight excluding hydrogens is 250 g/mol. The van der Waals surface area contributed by atoms with Crippen molar-refractivity contribution in [3.05, 3.63) is 28.8 Å². The molecule has 0 aliphatic rings. The molecule has 7 heteroatoms. The molecule has 0 radical (unpaired) electrons. The fourth-order valence-corrected chi connectivity index (χ4v) is 1.99. The quantitative estimate of drug-likeness (QED) is 0.790. The Hall–Kier alpha value is -0.820. The fraction of sp³-hybridized carbons (Fsp3) is 0.333. The molecule has 1 aromatic carbocycles. The van der Waals surface area contributed by atoms with Crippen molar-refractivity contribution in [3.8, 4) is 0 Å². The summed E-state index contributed by atoms with van der Waals surface area (Å²) in [6.07, 6.45) is 0. The average Bonchev–Trinajstić information content (AvgIpc) is 2.23. The number of rotatable bonds is 4. The molecule has 0 fully saturated rings. The van der Waals surface area contributed by atoms with Gasteiger partial charge in [0.05, 0.1) is 0 Å². The lowest BCUT2D eigenvalue weighted by Gasteiger charge is -2.17. The van der Waals surface area contributed by atoms with Gasteiger partial charge in [-0.1, -0.05) is 11.6 Å². The number of nitrogens with one attached hydrogen (secondary N) is 1. The molecule has 0 amide bonds. The molecule has 0 saturated carbocycles. The highest BCUT2D eigenvalue weighted by Gasteiger charge is 2.16. The normalized spacial score (nSPS) is 12.0. The van der Waals surface area contributed by atoms with E-state index in [1.807, 2.05) is 0 Å². The van der Waals surface area contributed by atoms with Crippen LogP contribution in [0.5, 0.6) is 0 Å². The van der Waals surface area contributed by atoms with E-state index in [1.54, 1.807) is 18.2 Å². The van der Waals surface area contributed by atoms with Crippen molar-refractivity contribution in [1.29, 1.82) is 0 Å². The van der Waals surface area contributed by atoms with E-state index >= 15 is 0 Å². The van der Waals surface area contributed by atoms with Gasteiger partial charge in [0, 0.05) is 31.4 Å².